The van der Waals surface area contributed by atoms with E-state index >= 15 is 0 Å². The molecule has 0 aromatic carbocycles. The molecular formula is C11H18N4O. The summed E-state index contributed by atoms with van der Waals surface area (Å²) in [7, 11) is 0. The lowest BCUT2D eigenvalue weighted by Gasteiger charge is -2.14. The lowest BCUT2D eigenvalue weighted by atomic mass is 9.97. The van der Waals surface area contributed by atoms with E-state index < -0.39 is 0 Å². The Labute approximate surface area is 95.2 Å². The van der Waals surface area contributed by atoms with Gasteiger partial charge in [-0.25, -0.2) is 4.98 Å². The largest absolute Gasteiger partial charge is 0.354 e. The minimum absolute atomic E-state index is 0.128. The van der Waals surface area contributed by atoms with Crippen molar-refractivity contribution in [2.24, 2.45) is 11.8 Å². The van der Waals surface area contributed by atoms with Crippen molar-refractivity contribution in [3.63, 3.8) is 0 Å². The summed E-state index contributed by atoms with van der Waals surface area (Å²) in [4.78, 5) is 15.8. The third-order valence-corrected chi connectivity index (χ3v) is 3.08. The fraction of sp³-hybridized carbons (Fsp3) is 0.636. The molecule has 1 saturated heterocycles. The summed E-state index contributed by atoms with van der Waals surface area (Å²) < 4.78 is 1.95. The summed E-state index contributed by atoms with van der Waals surface area (Å²) in [6, 6.07) is 0. The number of aromatic nitrogens is 2. The maximum Gasteiger partial charge on any atom is 0.224 e. The van der Waals surface area contributed by atoms with Gasteiger partial charge in [-0.3, -0.25) is 4.79 Å². The Hall–Kier alpha value is -1.36. The molecule has 1 aliphatic heterocycles. The second-order valence-electron chi connectivity index (χ2n) is 4.33. The molecule has 2 N–H and O–H groups in total. The van der Waals surface area contributed by atoms with E-state index in [1.807, 2.05) is 10.8 Å². The van der Waals surface area contributed by atoms with Crippen molar-refractivity contribution in [2.75, 3.05) is 19.6 Å². The maximum atomic E-state index is 11.8. The molecule has 2 heterocycles. The van der Waals surface area contributed by atoms with Crippen molar-refractivity contribution in [1.82, 2.24) is 20.2 Å². The van der Waals surface area contributed by atoms with Gasteiger partial charge in [-0.2, -0.15) is 0 Å². The van der Waals surface area contributed by atoms with Crippen LogP contribution >= 0.6 is 0 Å². The standard InChI is InChI=1S/C11H18N4O/c1-9-6-13-7-10(9)11(16)14-3-5-15-4-2-12-8-15/h2,4,8-10,13H,3,5-7H2,1H3,(H,14,16). The van der Waals surface area contributed by atoms with Gasteiger partial charge in [-0.05, 0) is 12.5 Å². The van der Waals surface area contributed by atoms with Crippen LogP contribution in [0.2, 0.25) is 0 Å². The number of amides is 1. The second-order valence-corrected chi connectivity index (χ2v) is 4.33. The number of rotatable bonds is 4. The molecule has 1 fully saturated rings. The van der Waals surface area contributed by atoms with E-state index in [4.69, 9.17) is 0 Å². The number of hydrogen-bond donors (Lipinski definition) is 2. The molecular weight excluding hydrogens is 204 g/mol. The maximum absolute atomic E-state index is 11.8. The van der Waals surface area contributed by atoms with Crippen LogP contribution in [0.5, 0.6) is 0 Å². The van der Waals surface area contributed by atoms with Gasteiger partial charge in [0, 0.05) is 32.0 Å². The minimum Gasteiger partial charge on any atom is -0.354 e. The summed E-state index contributed by atoms with van der Waals surface area (Å²) in [6.45, 7) is 5.30. The first-order valence-corrected chi connectivity index (χ1v) is 5.71. The molecule has 0 aliphatic carbocycles. The van der Waals surface area contributed by atoms with Crippen molar-refractivity contribution < 1.29 is 4.79 Å². The lowest BCUT2D eigenvalue weighted by molar-refractivity contribution is -0.125. The molecule has 16 heavy (non-hydrogen) atoms. The molecule has 0 spiro atoms. The summed E-state index contributed by atoms with van der Waals surface area (Å²) in [5, 5.41) is 6.20. The summed E-state index contributed by atoms with van der Waals surface area (Å²) in [5.74, 6) is 0.730. The average molecular weight is 222 g/mol. The number of carbonyl (C=O) groups excluding carboxylic acids is 1. The Morgan fingerprint density at radius 1 is 1.62 bits per heavy atom. The molecule has 1 aromatic rings. The van der Waals surface area contributed by atoms with Gasteiger partial charge in [0.1, 0.15) is 0 Å². The van der Waals surface area contributed by atoms with E-state index in [1.165, 1.54) is 0 Å². The Kier molecular flexibility index (Phi) is 3.56. The van der Waals surface area contributed by atoms with Crippen LogP contribution in [0, 0.1) is 11.8 Å². The average Bonchev–Trinajstić information content (AvgIpc) is 2.88. The Morgan fingerprint density at radius 3 is 3.12 bits per heavy atom. The fourth-order valence-electron chi connectivity index (χ4n) is 2.02. The quantitative estimate of drug-likeness (QED) is 0.745. The molecule has 5 nitrogen and oxygen atoms in total. The van der Waals surface area contributed by atoms with Crippen LogP contribution in [0.4, 0.5) is 0 Å². The number of hydrogen-bond acceptors (Lipinski definition) is 3. The van der Waals surface area contributed by atoms with E-state index in [2.05, 4.69) is 22.5 Å². The highest BCUT2D eigenvalue weighted by atomic mass is 16.1. The lowest BCUT2D eigenvalue weighted by Crippen LogP contribution is -2.36. The summed E-state index contributed by atoms with van der Waals surface area (Å²) in [5.41, 5.74) is 0. The number of imidazole rings is 1. The predicted molar refractivity (Wildman–Crippen MR) is 60.8 cm³/mol. The zero-order valence-corrected chi connectivity index (χ0v) is 9.52. The number of carbonyl (C=O) groups is 1. The highest BCUT2D eigenvalue weighted by Gasteiger charge is 2.28. The van der Waals surface area contributed by atoms with Crippen molar-refractivity contribution in [1.29, 1.82) is 0 Å². The molecule has 1 amide bonds. The van der Waals surface area contributed by atoms with E-state index in [0.717, 1.165) is 19.6 Å². The summed E-state index contributed by atoms with van der Waals surface area (Å²) in [6.07, 6.45) is 5.39. The first-order chi connectivity index (χ1) is 7.77. The molecule has 0 radical (unpaired) electrons. The van der Waals surface area contributed by atoms with Crippen LogP contribution in [0.1, 0.15) is 6.92 Å². The van der Waals surface area contributed by atoms with Crippen LogP contribution in [0.15, 0.2) is 18.7 Å². The normalized spacial score (nSPS) is 24.6. The van der Waals surface area contributed by atoms with Gasteiger partial charge in [0.15, 0.2) is 0 Å². The molecule has 0 bridgehead atoms. The molecule has 0 saturated carbocycles. The molecule has 5 heteroatoms. The predicted octanol–water partition coefficient (Wildman–Crippen LogP) is -0.145. The summed E-state index contributed by atoms with van der Waals surface area (Å²) >= 11 is 0. The van der Waals surface area contributed by atoms with Crippen LogP contribution in [0.3, 0.4) is 0 Å². The third kappa shape index (κ3) is 2.61. The minimum atomic E-state index is 0.128. The van der Waals surface area contributed by atoms with Crippen LogP contribution in [-0.2, 0) is 11.3 Å². The zero-order chi connectivity index (χ0) is 11.4. The van der Waals surface area contributed by atoms with Gasteiger partial charge in [-0.1, -0.05) is 6.92 Å². The Bertz CT molecular complexity index is 336. The van der Waals surface area contributed by atoms with Crippen LogP contribution in [-0.4, -0.2) is 35.1 Å². The number of nitrogens with one attached hydrogen (secondary N) is 2. The van der Waals surface area contributed by atoms with Crippen LogP contribution < -0.4 is 10.6 Å². The smallest absolute Gasteiger partial charge is 0.224 e. The van der Waals surface area contributed by atoms with E-state index in [0.29, 0.717) is 12.5 Å². The molecule has 88 valence electrons. The topological polar surface area (TPSA) is 59.0 Å². The third-order valence-electron chi connectivity index (χ3n) is 3.08. The first-order valence-electron chi connectivity index (χ1n) is 5.71. The van der Waals surface area contributed by atoms with Gasteiger partial charge in [0.25, 0.3) is 0 Å². The molecule has 2 unspecified atom stereocenters. The monoisotopic (exact) mass is 222 g/mol. The molecule has 2 atom stereocenters. The fourth-order valence-corrected chi connectivity index (χ4v) is 2.02. The highest BCUT2D eigenvalue weighted by Crippen LogP contribution is 2.15. The Morgan fingerprint density at radius 2 is 2.50 bits per heavy atom. The van der Waals surface area contributed by atoms with Gasteiger partial charge in [0.05, 0.1) is 12.2 Å². The Balaban J connectivity index is 1.71. The van der Waals surface area contributed by atoms with E-state index in [-0.39, 0.29) is 11.8 Å². The van der Waals surface area contributed by atoms with Crippen molar-refractivity contribution in [3.05, 3.63) is 18.7 Å². The first kappa shape index (κ1) is 11.1. The molecule has 1 aromatic heterocycles. The SMILES string of the molecule is CC1CNCC1C(=O)NCCn1ccnc1. The van der Waals surface area contributed by atoms with Gasteiger partial charge in [-0.15, -0.1) is 0 Å². The zero-order valence-electron chi connectivity index (χ0n) is 9.52. The van der Waals surface area contributed by atoms with Crippen molar-refractivity contribution in [3.8, 4) is 0 Å². The van der Waals surface area contributed by atoms with E-state index in [1.54, 1.807) is 12.5 Å². The van der Waals surface area contributed by atoms with E-state index in [9.17, 15) is 4.79 Å². The number of nitrogens with zero attached hydrogens (tertiary/aromatic N) is 2. The molecule has 1 aliphatic rings. The molecule has 2 rings (SSSR count). The van der Waals surface area contributed by atoms with Crippen molar-refractivity contribution >= 4 is 5.91 Å². The van der Waals surface area contributed by atoms with Crippen molar-refractivity contribution in [2.45, 2.75) is 13.5 Å². The van der Waals surface area contributed by atoms with Gasteiger partial charge >= 0.3 is 0 Å². The van der Waals surface area contributed by atoms with Gasteiger partial charge < -0.3 is 15.2 Å². The second kappa shape index (κ2) is 5.12. The van der Waals surface area contributed by atoms with Crippen LogP contribution in [0.25, 0.3) is 0 Å². The highest BCUT2D eigenvalue weighted by molar-refractivity contribution is 5.79. The van der Waals surface area contributed by atoms with Gasteiger partial charge in [0.2, 0.25) is 5.91 Å².